The lowest BCUT2D eigenvalue weighted by Gasteiger charge is -2.19. The lowest BCUT2D eigenvalue weighted by Crippen LogP contribution is -2.24. The summed E-state index contributed by atoms with van der Waals surface area (Å²) in [7, 11) is 0. The Bertz CT molecular complexity index is 786. The molecule has 1 aromatic carbocycles. The number of hydrogen-bond acceptors (Lipinski definition) is 4. The Morgan fingerprint density at radius 2 is 2.08 bits per heavy atom. The van der Waals surface area contributed by atoms with Crippen molar-refractivity contribution in [2.75, 3.05) is 11.9 Å². The number of esters is 1. The summed E-state index contributed by atoms with van der Waals surface area (Å²) in [5, 5.41) is 3.18. The largest absolute Gasteiger partial charge is 0.460 e. The van der Waals surface area contributed by atoms with E-state index in [1.54, 1.807) is 19.1 Å². The number of aliphatic imine (C=N–C) groups is 1. The summed E-state index contributed by atoms with van der Waals surface area (Å²) in [4.78, 5) is 15.9. The molecule has 0 amide bonds. The van der Waals surface area contributed by atoms with Gasteiger partial charge >= 0.3 is 5.97 Å². The van der Waals surface area contributed by atoms with Gasteiger partial charge in [-0.2, -0.15) is 0 Å². The van der Waals surface area contributed by atoms with E-state index in [1.165, 1.54) is 24.0 Å². The summed E-state index contributed by atoms with van der Waals surface area (Å²) in [6, 6.07) is 9.52. The first-order chi connectivity index (χ1) is 12.2. The van der Waals surface area contributed by atoms with Gasteiger partial charge in [-0.05, 0) is 61.9 Å². The van der Waals surface area contributed by atoms with Crippen molar-refractivity contribution in [2.24, 2.45) is 10.7 Å². The quantitative estimate of drug-likeness (QED) is 0.300. The van der Waals surface area contributed by atoms with Crippen LogP contribution in [-0.2, 0) is 24.1 Å². The lowest BCUT2D eigenvalue weighted by atomic mass is 9.90. The second-order valence-corrected chi connectivity index (χ2v) is 5.96. The summed E-state index contributed by atoms with van der Waals surface area (Å²) in [5.41, 5.74) is 9.74. The number of halogens is 1. The number of nitrogens with zero attached hydrogens (tertiary/aromatic N) is 1. The number of hydrogen-bond donors (Lipinski definition) is 2. The van der Waals surface area contributed by atoms with Gasteiger partial charge in [0.1, 0.15) is 12.3 Å². The molecule has 0 bridgehead atoms. The summed E-state index contributed by atoms with van der Waals surface area (Å²) in [5.74, 6) is 0.589. The summed E-state index contributed by atoms with van der Waals surface area (Å²) < 4.78 is 10.3. The predicted octanol–water partition coefficient (Wildman–Crippen LogP) is 3.88. The van der Waals surface area contributed by atoms with Crippen molar-refractivity contribution in [1.82, 2.24) is 0 Å². The van der Waals surface area contributed by atoms with Crippen LogP contribution in [0, 0.1) is 0 Å². The van der Waals surface area contributed by atoms with Crippen molar-refractivity contribution in [1.29, 1.82) is 0 Å². The van der Waals surface area contributed by atoms with Crippen LogP contribution in [0.5, 0.6) is 0 Å². The first kappa shape index (κ1) is 20.3. The molecule has 0 atom stereocenters. The number of carbonyl (C=O) groups excluding carboxylic acids is 1. The van der Waals surface area contributed by atoms with E-state index in [9.17, 15) is 4.79 Å². The first-order valence-electron chi connectivity index (χ1n) is 8.61. The van der Waals surface area contributed by atoms with Crippen LogP contribution in [0.4, 0.5) is 5.69 Å². The molecule has 0 unspecified atom stereocenters. The minimum atomic E-state index is -0.472. The molecule has 0 aliphatic heterocycles. The van der Waals surface area contributed by atoms with Crippen molar-refractivity contribution in [3.8, 4) is 0 Å². The molecule has 2 aromatic rings. The highest BCUT2D eigenvalue weighted by molar-refractivity contribution is 14.0. The molecule has 0 fully saturated rings. The molecule has 0 spiro atoms. The fourth-order valence-corrected chi connectivity index (χ4v) is 3.01. The maximum Gasteiger partial charge on any atom is 0.374 e. The van der Waals surface area contributed by atoms with E-state index < -0.39 is 5.97 Å². The summed E-state index contributed by atoms with van der Waals surface area (Å²) in [6.45, 7) is 2.32. The van der Waals surface area contributed by atoms with E-state index in [-0.39, 0.29) is 36.3 Å². The first-order valence-corrected chi connectivity index (χ1v) is 8.61. The SMILES string of the molecule is CCOC(=O)c1ccc(CN=C(N)Nc2cccc3c2CCCC3)o1.I. The third-order valence-corrected chi connectivity index (χ3v) is 4.20. The van der Waals surface area contributed by atoms with Crippen LogP contribution in [0.3, 0.4) is 0 Å². The van der Waals surface area contributed by atoms with Crippen molar-refractivity contribution in [3.05, 3.63) is 53.0 Å². The molecule has 6 nitrogen and oxygen atoms in total. The molecular weight excluding hydrogens is 445 g/mol. The highest BCUT2D eigenvalue weighted by atomic mass is 127. The van der Waals surface area contributed by atoms with Gasteiger partial charge < -0.3 is 20.2 Å². The minimum absolute atomic E-state index is 0. The van der Waals surface area contributed by atoms with Gasteiger partial charge in [0.05, 0.1) is 6.61 Å². The van der Waals surface area contributed by atoms with Gasteiger partial charge in [0.15, 0.2) is 5.96 Å². The number of nitrogens with one attached hydrogen (secondary N) is 1. The number of nitrogens with two attached hydrogens (primary N) is 1. The zero-order valence-corrected chi connectivity index (χ0v) is 17.1. The maximum absolute atomic E-state index is 11.6. The number of ether oxygens (including phenoxy) is 1. The van der Waals surface area contributed by atoms with E-state index in [0.29, 0.717) is 18.3 Å². The third-order valence-electron chi connectivity index (χ3n) is 4.20. The Labute approximate surface area is 170 Å². The maximum atomic E-state index is 11.6. The fraction of sp³-hybridized carbons (Fsp3) is 0.368. The number of fused-ring (bicyclic) bond motifs is 1. The van der Waals surface area contributed by atoms with Crippen molar-refractivity contribution >= 4 is 41.6 Å². The number of rotatable bonds is 5. The standard InChI is InChI=1S/C19H23N3O3.HI/c1-2-24-18(23)17-11-10-14(25-17)12-21-19(20)22-16-9-5-7-13-6-3-4-8-15(13)16;/h5,7,9-11H,2-4,6,8,12H2,1H3,(H3,20,21,22);1H. The van der Waals surface area contributed by atoms with E-state index in [0.717, 1.165) is 18.5 Å². The number of aryl methyl sites for hydroxylation is 1. The lowest BCUT2D eigenvalue weighted by molar-refractivity contribution is 0.0488. The van der Waals surface area contributed by atoms with Gasteiger partial charge in [-0.15, -0.1) is 24.0 Å². The van der Waals surface area contributed by atoms with Crippen LogP contribution >= 0.6 is 24.0 Å². The van der Waals surface area contributed by atoms with Gasteiger partial charge in [-0.1, -0.05) is 12.1 Å². The average molecular weight is 469 g/mol. The molecule has 7 heteroatoms. The minimum Gasteiger partial charge on any atom is -0.460 e. The van der Waals surface area contributed by atoms with Crippen molar-refractivity contribution in [2.45, 2.75) is 39.2 Å². The van der Waals surface area contributed by atoms with Gasteiger partial charge in [-0.25, -0.2) is 9.79 Å². The molecule has 3 N–H and O–H groups in total. The Balaban J connectivity index is 0.00000243. The Kier molecular flexibility index (Phi) is 7.50. The number of furan rings is 1. The van der Waals surface area contributed by atoms with Crippen LogP contribution in [0.1, 0.15) is 47.2 Å². The second-order valence-electron chi connectivity index (χ2n) is 5.96. The molecular formula is C19H24IN3O3. The fourth-order valence-electron chi connectivity index (χ4n) is 3.01. The topological polar surface area (TPSA) is 89.8 Å². The third kappa shape index (κ3) is 5.00. The van der Waals surface area contributed by atoms with Gasteiger partial charge in [0.2, 0.25) is 5.76 Å². The Morgan fingerprint density at radius 3 is 2.88 bits per heavy atom. The predicted molar refractivity (Wildman–Crippen MR) is 112 cm³/mol. The number of guanidine groups is 1. The van der Waals surface area contributed by atoms with E-state index in [4.69, 9.17) is 14.9 Å². The molecule has 0 radical (unpaired) electrons. The molecule has 3 rings (SSSR count). The normalized spacial score (nSPS) is 13.5. The highest BCUT2D eigenvalue weighted by Gasteiger charge is 2.14. The van der Waals surface area contributed by atoms with Crippen LogP contribution in [0.2, 0.25) is 0 Å². The monoisotopic (exact) mass is 469 g/mol. The molecule has 140 valence electrons. The molecule has 0 saturated heterocycles. The number of anilines is 1. The van der Waals surface area contributed by atoms with Crippen molar-refractivity contribution < 1.29 is 13.9 Å². The molecule has 1 aliphatic rings. The van der Waals surface area contributed by atoms with Gasteiger partial charge in [-0.3, -0.25) is 0 Å². The summed E-state index contributed by atoms with van der Waals surface area (Å²) >= 11 is 0. The van der Waals surface area contributed by atoms with Crippen LogP contribution in [-0.4, -0.2) is 18.5 Å². The van der Waals surface area contributed by atoms with Crippen LogP contribution in [0.15, 0.2) is 39.7 Å². The molecule has 26 heavy (non-hydrogen) atoms. The zero-order valence-electron chi connectivity index (χ0n) is 14.8. The smallest absolute Gasteiger partial charge is 0.374 e. The van der Waals surface area contributed by atoms with E-state index >= 15 is 0 Å². The number of carbonyl (C=O) groups is 1. The molecule has 1 aliphatic carbocycles. The van der Waals surface area contributed by atoms with Crippen molar-refractivity contribution in [3.63, 3.8) is 0 Å². The second kappa shape index (κ2) is 9.61. The van der Waals surface area contributed by atoms with E-state index in [1.807, 2.05) is 12.1 Å². The van der Waals surface area contributed by atoms with Gasteiger partial charge in [0, 0.05) is 5.69 Å². The zero-order chi connectivity index (χ0) is 17.6. The number of benzene rings is 1. The summed E-state index contributed by atoms with van der Waals surface area (Å²) in [6.07, 6.45) is 4.62. The van der Waals surface area contributed by atoms with Crippen LogP contribution in [0.25, 0.3) is 0 Å². The van der Waals surface area contributed by atoms with Gasteiger partial charge in [0.25, 0.3) is 0 Å². The molecule has 0 saturated carbocycles. The highest BCUT2D eigenvalue weighted by Crippen LogP contribution is 2.27. The Hall–Kier alpha value is -2.03. The average Bonchev–Trinajstić information content (AvgIpc) is 3.10. The van der Waals surface area contributed by atoms with Crippen LogP contribution < -0.4 is 11.1 Å². The van der Waals surface area contributed by atoms with E-state index in [2.05, 4.69) is 16.4 Å². The molecule has 1 heterocycles. The molecule has 1 aromatic heterocycles. The Morgan fingerprint density at radius 1 is 1.27 bits per heavy atom.